The molecule has 0 aliphatic rings. The number of para-hydroxylation sites is 1. The van der Waals surface area contributed by atoms with Crippen LogP contribution in [0.1, 0.15) is 59.4 Å². The predicted octanol–water partition coefficient (Wildman–Crippen LogP) is 4.89. The van der Waals surface area contributed by atoms with Gasteiger partial charge in [-0.3, -0.25) is 4.79 Å². The van der Waals surface area contributed by atoms with Crippen molar-refractivity contribution >= 4 is 5.91 Å². The monoisotopic (exact) mass is 325 g/mol. The average Bonchev–Trinajstić information content (AvgIpc) is 2.50. The number of hydrogen-bond acceptors (Lipinski definition) is 2. The van der Waals surface area contributed by atoms with Gasteiger partial charge in [-0.15, -0.1) is 0 Å². The molecule has 0 radical (unpaired) electrons. The molecule has 0 aliphatic heterocycles. The Hall–Kier alpha value is -2.29. The Morgan fingerprint density at radius 2 is 1.58 bits per heavy atom. The van der Waals surface area contributed by atoms with Gasteiger partial charge in [-0.1, -0.05) is 24.3 Å². The maximum absolute atomic E-state index is 12.7. The molecule has 0 aromatic heterocycles. The van der Waals surface area contributed by atoms with E-state index in [2.05, 4.69) is 38.2 Å². The summed E-state index contributed by atoms with van der Waals surface area (Å²) in [7, 11) is 0. The Morgan fingerprint density at radius 3 is 2.25 bits per heavy atom. The van der Waals surface area contributed by atoms with Crippen molar-refractivity contribution < 1.29 is 9.53 Å². The third-order valence-corrected chi connectivity index (χ3v) is 4.19. The Morgan fingerprint density at radius 1 is 0.958 bits per heavy atom. The summed E-state index contributed by atoms with van der Waals surface area (Å²) in [5.41, 5.74) is 5.41. The molecule has 24 heavy (non-hydrogen) atoms. The number of benzene rings is 2. The summed E-state index contributed by atoms with van der Waals surface area (Å²) < 4.78 is 5.75. The molecule has 1 atom stereocenters. The van der Waals surface area contributed by atoms with E-state index in [1.165, 1.54) is 16.7 Å². The minimum Gasteiger partial charge on any atom is -0.490 e. The summed E-state index contributed by atoms with van der Waals surface area (Å²) in [6.45, 7) is 12.2. The lowest BCUT2D eigenvalue weighted by molar-refractivity contribution is 0.0934. The topological polar surface area (TPSA) is 38.3 Å². The van der Waals surface area contributed by atoms with Crippen molar-refractivity contribution in [3.8, 4) is 5.75 Å². The number of rotatable bonds is 5. The van der Waals surface area contributed by atoms with E-state index >= 15 is 0 Å². The standard InChI is InChI=1S/C21H27NO2/c1-13(2)24-20-10-8-7-9-18(20)21(23)22-17(6)19-12-15(4)14(3)11-16(19)5/h7-13,17H,1-6H3,(H,22,23)/t17-/m0/s1. The van der Waals surface area contributed by atoms with Gasteiger partial charge in [-0.25, -0.2) is 0 Å². The maximum atomic E-state index is 12.7. The molecule has 0 heterocycles. The van der Waals surface area contributed by atoms with Crippen molar-refractivity contribution in [1.29, 1.82) is 0 Å². The Labute approximate surface area is 145 Å². The first-order valence-electron chi connectivity index (χ1n) is 8.44. The second-order valence-electron chi connectivity index (χ2n) is 6.65. The van der Waals surface area contributed by atoms with Crippen LogP contribution in [-0.2, 0) is 0 Å². The molecule has 0 fully saturated rings. The van der Waals surface area contributed by atoms with Gasteiger partial charge < -0.3 is 10.1 Å². The fourth-order valence-corrected chi connectivity index (χ4v) is 2.81. The van der Waals surface area contributed by atoms with Gasteiger partial charge in [0.1, 0.15) is 5.75 Å². The normalized spacial score (nSPS) is 12.1. The van der Waals surface area contributed by atoms with E-state index in [0.29, 0.717) is 11.3 Å². The molecule has 0 bridgehead atoms. The molecule has 0 saturated carbocycles. The molecule has 2 aromatic carbocycles. The molecule has 128 valence electrons. The first kappa shape index (κ1) is 18.1. The zero-order valence-corrected chi connectivity index (χ0v) is 15.4. The summed E-state index contributed by atoms with van der Waals surface area (Å²) in [6, 6.07) is 11.6. The van der Waals surface area contributed by atoms with Gasteiger partial charge in [0.05, 0.1) is 17.7 Å². The molecule has 1 N–H and O–H groups in total. The van der Waals surface area contributed by atoms with E-state index in [9.17, 15) is 4.79 Å². The SMILES string of the molecule is Cc1cc(C)c([C@H](C)NC(=O)c2ccccc2OC(C)C)cc1C. The van der Waals surface area contributed by atoms with Gasteiger partial charge in [-0.05, 0) is 75.9 Å². The van der Waals surface area contributed by atoms with Gasteiger partial charge in [0.15, 0.2) is 0 Å². The molecule has 0 unspecified atom stereocenters. The first-order chi connectivity index (χ1) is 11.3. The Balaban J connectivity index is 2.22. The number of amides is 1. The lowest BCUT2D eigenvalue weighted by Crippen LogP contribution is -2.28. The van der Waals surface area contributed by atoms with Gasteiger partial charge in [0, 0.05) is 0 Å². The van der Waals surface area contributed by atoms with E-state index in [-0.39, 0.29) is 18.1 Å². The molecular formula is C21H27NO2. The van der Waals surface area contributed by atoms with Crippen LogP contribution in [-0.4, -0.2) is 12.0 Å². The van der Waals surface area contributed by atoms with Crippen molar-refractivity contribution in [2.24, 2.45) is 0 Å². The average molecular weight is 325 g/mol. The van der Waals surface area contributed by atoms with E-state index in [1.54, 1.807) is 6.07 Å². The van der Waals surface area contributed by atoms with Crippen molar-refractivity contribution in [1.82, 2.24) is 5.32 Å². The molecule has 3 nitrogen and oxygen atoms in total. The van der Waals surface area contributed by atoms with Crippen molar-refractivity contribution in [2.45, 2.75) is 53.7 Å². The highest BCUT2D eigenvalue weighted by atomic mass is 16.5. The summed E-state index contributed by atoms with van der Waals surface area (Å²) in [5.74, 6) is 0.505. The largest absolute Gasteiger partial charge is 0.490 e. The highest BCUT2D eigenvalue weighted by Gasteiger charge is 2.17. The lowest BCUT2D eigenvalue weighted by atomic mass is 9.96. The molecule has 0 aliphatic carbocycles. The Kier molecular flexibility index (Phi) is 5.66. The summed E-state index contributed by atoms with van der Waals surface area (Å²) in [6.07, 6.45) is 0.0263. The van der Waals surface area contributed by atoms with E-state index in [1.807, 2.05) is 39.0 Å². The predicted molar refractivity (Wildman–Crippen MR) is 98.7 cm³/mol. The van der Waals surface area contributed by atoms with Gasteiger partial charge >= 0.3 is 0 Å². The second-order valence-corrected chi connectivity index (χ2v) is 6.65. The summed E-state index contributed by atoms with van der Waals surface area (Å²) >= 11 is 0. The summed E-state index contributed by atoms with van der Waals surface area (Å²) in [5, 5.41) is 3.09. The number of aryl methyl sites for hydroxylation is 3. The smallest absolute Gasteiger partial charge is 0.255 e. The van der Waals surface area contributed by atoms with E-state index < -0.39 is 0 Å². The highest BCUT2D eigenvalue weighted by Crippen LogP contribution is 2.24. The minimum atomic E-state index is -0.114. The zero-order chi connectivity index (χ0) is 17.9. The van der Waals surface area contributed by atoms with Crippen LogP contribution in [0.25, 0.3) is 0 Å². The Bertz CT molecular complexity index is 735. The van der Waals surface area contributed by atoms with Gasteiger partial charge in [0.2, 0.25) is 0 Å². The fraction of sp³-hybridized carbons (Fsp3) is 0.381. The van der Waals surface area contributed by atoms with E-state index in [4.69, 9.17) is 4.74 Å². The molecule has 0 saturated heterocycles. The second kappa shape index (κ2) is 7.52. The van der Waals surface area contributed by atoms with Gasteiger partial charge in [0.25, 0.3) is 5.91 Å². The maximum Gasteiger partial charge on any atom is 0.255 e. The van der Waals surface area contributed by atoms with Gasteiger partial charge in [-0.2, -0.15) is 0 Å². The van der Waals surface area contributed by atoms with Crippen LogP contribution in [0.5, 0.6) is 5.75 Å². The number of nitrogens with one attached hydrogen (secondary N) is 1. The highest BCUT2D eigenvalue weighted by molar-refractivity contribution is 5.97. The van der Waals surface area contributed by atoms with E-state index in [0.717, 1.165) is 5.56 Å². The molecular weight excluding hydrogens is 298 g/mol. The van der Waals surface area contributed by atoms with Crippen molar-refractivity contribution in [3.63, 3.8) is 0 Å². The van der Waals surface area contributed by atoms with Crippen molar-refractivity contribution in [3.05, 3.63) is 64.2 Å². The molecule has 0 spiro atoms. The quantitative estimate of drug-likeness (QED) is 0.850. The molecule has 2 rings (SSSR count). The third kappa shape index (κ3) is 4.16. The third-order valence-electron chi connectivity index (χ3n) is 4.19. The van der Waals surface area contributed by atoms with Crippen LogP contribution in [0, 0.1) is 20.8 Å². The fourth-order valence-electron chi connectivity index (χ4n) is 2.81. The van der Waals surface area contributed by atoms with Crippen LogP contribution in [0.3, 0.4) is 0 Å². The number of hydrogen-bond donors (Lipinski definition) is 1. The number of carbonyl (C=O) groups is 1. The van der Waals surface area contributed by atoms with Crippen LogP contribution in [0.2, 0.25) is 0 Å². The zero-order valence-electron chi connectivity index (χ0n) is 15.4. The number of carbonyl (C=O) groups excluding carboxylic acids is 1. The van der Waals surface area contributed by atoms with Crippen LogP contribution in [0.15, 0.2) is 36.4 Å². The first-order valence-corrected chi connectivity index (χ1v) is 8.44. The molecule has 1 amide bonds. The number of ether oxygens (including phenoxy) is 1. The molecule has 3 heteroatoms. The van der Waals surface area contributed by atoms with Crippen LogP contribution >= 0.6 is 0 Å². The molecule has 2 aromatic rings. The van der Waals surface area contributed by atoms with Crippen LogP contribution in [0.4, 0.5) is 0 Å². The summed E-state index contributed by atoms with van der Waals surface area (Å²) in [4.78, 5) is 12.7. The lowest BCUT2D eigenvalue weighted by Gasteiger charge is -2.20. The minimum absolute atomic E-state index is 0.0263. The van der Waals surface area contributed by atoms with Crippen LogP contribution < -0.4 is 10.1 Å². The van der Waals surface area contributed by atoms with Crippen molar-refractivity contribution in [2.75, 3.05) is 0 Å².